The van der Waals surface area contributed by atoms with Crippen LogP contribution in [0.5, 0.6) is 5.75 Å². The molecule has 5 nitrogen and oxygen atoms in total. The topological polar surface area (TPSA) is 66.8 Å². The summed E-state index contributed by atoms with van der Waals surface area (Å²) in [6.07, 6.45) is -0.612. The summed E-state index contributed by atoms with van der Waals surface area (Å²) >= 11 is 0. The Morgan fingerprint density at radius 1 is 0.974 bits per heavy atom. The highest BCUT2D eigenvalue weighted by molar-refractivity contribution is 6.46. The molecule has 196 valence electrons. The Morgan fingerprint density at radius 3 is 2.37 bits per heavy atom. The fraction of sp³-hybridized carbons (Fsp3) is 0.267. The lowest BCUT2D eigenvalue weighted by Gasteiger charge is -2.26. The Hall–Kier alpha value is -4.07. The zero-order valence-electron chi connectivity index (χ0n) is 20.7. The Morgan fingerprint density at radius 2 is 1.68 bits per heavy atom. The molecule has 0 radical (unpaired) electrons. The predicted molar refractivity (Wildman–Crippen MR) is 135 cm³/mol. The van der Waals surface area contributed by atoms with Crippen LogP contribution >= 0.6 is 0 Å². The van der Waals surface area contributed by atoms with Gasteiger partial charge >= 0.3 is 6.18 Å². The first-order valence-corrected chi connectivity index (χ1v) is 12.4. The van der Waals surface area contributed by atoms with Gasteiger partial charge in [0.05, 0.1) is 24.3 Å². The second-order valence-electron chi connectivity index (χ2n) is 9.59. The second kappa shape index (κ2) is 10.0. The van der Waals surface area contributed by atoms with Crippen LogP contribution in [-0.2, 0) is 35.2 Å². The molecule has 3 aromatic carbocycles. The largest absolute Gasteiger partial charge is 0.507 e. The van der Waals surface area contributed by atoms with Gasteiger partial charge in [0.2, 0.25) is 0 Å². The minimum absolute atomic E-state index is 0.0945. The average molecular weight is 522 g/mol. The van der Waals surface area contributed by atoms with E-state index in [0.717, 1.165) is 43.4 Å². The number of aliphatic hydroxyl groups is 1. The number of aryl methyl sites for hydroxylation is 2. The lowest BCUT2D eigenvalue weighted by Crippen LogP contribution is -2.29. The summed E-state index contributed by atoms with van der Waals surface area (Å²) in [6.45, 7) is -0.244. The average Bonchev–Trinajstić information content (AvgIpc) is 3.17. The lowest BCUT2D eigenvalue weighted by atomic mass is 9.88. The number of carbonyl (C=O) groups is 2. The number of rotatable bonds is 5. The number of ketones is 1. The lowest BCUT2D eigenvalue weighted by molar-refractivity contribution is -0.140. The molecule has 38 heavy (non-hydrogen) atoms. The van der Waals surface area contributed by atoms with E-state index in [-0.39, 0.29) is 23.4 Å². The van der Waals surface area contributed by atoms with E-state index in [2.05, 4.69) is 0 Å². The second-order valence-corrected chi connectivity index (χ2v) is 9.59. The summed E-state index contributed by atoms with van der Waals surface area (Å²) in [5.74, 6) is -1.52. The minimum atomic E-state index is -4.55. The maximum absolute atomic E-state index is 13.3. The number of likely N-dealkylation sites (tertiary alicyclic amines) is 1. The Labute approximate surface area is 218 Å². The van der Waals surface area contributed by atoms with Crippen LogP contribution in [-0.4, -0.2) is 28.8 Å². The van der Waals surface area contributed by atoms with Crippen LogP contribution in [0.3, 0.4) is 0 Å². The molecular formula is C30H26F3NO4. The molecule has 1 aliphatic heterocycles. The number of carbonyl (C=O) groups excluding carboxylic acids is 2. The maximum Gasteiger partial charge on any atom is 0.416 e. The number of nitrogens with zero attached hydrogens (tertiary/aromatic N) is 1. The molecule has 1 fully saturated rings. The van der Waals surface area contributed by atoms with E-state index in [4.69, 9.17) is 4.74 Å². The summed E-state index contributed by atoms with van der Waals surface area (Å²) in [6, 6.07) is 15.9. The first kappa shape index (κ1) is 25.6. The summed E-state index contributed by atoms with van der Waals surface area (Å²) in [7, 11) is 1.50. The standard InChI is InChI=1S/C30H26F3NO4/c1-38-24-13-11-20(12-14-24)26-25(27(35)22-10-9-19-6-2-3-7-21(19)16-22)28(36)29(37)34(26)17-18-5-4-8-23(15-18)30(31,32)33/h4-5,8-16,26,35H,2-3,6-7,17H2,1H3/b27-25-. The SMILES string of the molecule is COc1ccc(C2/C(=C(/O)c3ccc4c(c3)CCCC4)C(=O)C(=O)N2Cc2cccc(C(F)(F)F)c2)cc1. The van der Waals surface area contributed by atoms with Crippen LogP contribution in [0.4, 0.5) is 13.2 Å². The monoisotopic (exact) mass is 521 g/mol. The Kier molecular flexibility index (Phi) is 6.73. The van der Waals surface area contributed by atoms with Gasteiger partial charge in [0.1, 0.15) is 11.5 Å². The first-order chi connectivity index (χ1) is 18.2. The number of methoxy groups -OCH3 is 1. The molecule has 0 bridgehead atoms. The highest BCUT2D eigenvalue weighted by Gasteiger charge is 2.46. The number of benzene rings is 3. The molecule has 1 aliphatic carbocycles. The van der Waals surface area contributed by atoms with Gasteiger partial charge < -0.3 is 14.7 Å². The zero-order chi connectivity index (χ0) is 27.0. The van der Waals surface area contributed by atoms with Crippen LogP contribution in [0.15, 0.2) is 72.3 Å². The van der Waals surface area contributed by atoms with Gasteiger partial charge in [-0.1, -0.05) is 36.4 Å². The van der Waals surface area contributed by atoms with Gasteiger partial charge in [0, 0.05) is 12.1 Å². The fourth-order valence-corrected chi connectivity index (χ4v) is 5.25. The van der Waals surface area contributed by atoms with E-state index in [1.165, 1.54) is 29.7 Å². The van der Waals surface area contributed by atoms with Crippen molar-refractivity contribution in [2.24, 2.45) is 0 Å². The van der Waals surface area contributed by atoms with Gasteiger partial charge in [0.15, 0.2) is 0 Å². The van der Waals surface area contributed by atoms with Gasteiger partial charge in [0.25, 0.3) is 11.7 Å². The summed E-state index contributed by atoms with van der Waals surface area (Å²) in [5, 5.41) is 11.4. The molecule has 5 rings (SSSR count). The quantitative estimate of drug-likeness (QED) is 0.246. The van der Waals surface area contributed by atoms with E-state index in [9.17, 15) is 27.9 Å². The van der Waals surface area contributed by atoms with Crippen molar-refractivity contribution in [2.75, 3.05) is 7.11 Å². The molecule has 2 aliphatic rings. The number of aliphatic hydroxyl groups excluding tert-OH is 1. The van der Waals surface area contributed by atoms with Crippen molar-refractivity contribution in [1.29, 1.82) is 0 Å². The first-order valence-electron chi connectivity index (χ1n) is 12.4. The molecule has 1 N–H and O–H groups in total. The fourth-order valence-electron chi connectivity index (χ4n) is 5.25. The van der Waals surface area contributed by atoms with Crippen LogP contribution < -0.4 is 4.74 Å². The normalized spacial score (nSPS) is 18.9. The number of fused-ring (bicyclic) bond motifs is 1. The van der Waals surface area contributed by atoms with Crippen molar-refractivity contribution in [3.05, 3.63) is 106 Å². The summed E-state index contributed by atoms with van der Waals surface area (Å²) in [4.78, 5) is 27.8. The predicted octanol–water partition coefficient (Wildman–Crippen LogP) is 6.21. The molecular weight excluding hydrogens is 495 g/mol. The maximum atomic E-state index is 13.3. The summed E-state index contributed by atoms with van der Waals surface area (Å²) < 4.78 is 45.2. The van der Waals surface area contributed by atoms with Gasteiger partial charge in [-0.25, -0.2) is 0 Å². The van der Waals surface area contributed by atoms with Crippen LogP contribution in [0, 0.1) is 0 Å². The number of hydrogen-bond acceptors (Lipinski definition) is 4. The highest BCUT2D eigenvalue weighted by Crippen LogP contribution is 2.41. The molecule has 8 heteroatoms. The van der Waals surface area contributed by atoms with Gasteiger partial charge in [-0.3, -0.25) is 9.59 Å². The van der Waals surface area contributed by atoms with Gasteiger partial charge in [-0.15, -0.1) is 0 Å². The number of alkyl halides is 3. The van der Waals surface area contributed by atoms with Crippen molar-refractivity contribution >= 4 is 17.4 Å². The van der Waals surface area contributed by atoms with Gasteiger partial charge in [-0.2, -0.15) is 13.2 Å². The van der Waals surface area contributed by atoms with Crippen LogP contribution in [0.25, 0.3) is 5.76 Å². The van der Waals surface area contributed by atoms with Crippen molar-refractivity contribution < 1.29 is 32.6 Å². The third kappa shape index (κ3) is 4.78. The van der Waals surface area contributed by atoms with E-state index >= 15 is 0 Å². The molecule has 3 aromatic rings. The molecule has 1 heterocycles. The molecule has 1 unspecified atom stereocenters. The minimum Gasteiger partial charge on any atom is -0.507 e. The third-order valence-corrected chi connectivity index (χ3v) is 7.20. The molecule has 1 atom stereocenters. The summed E-state index contributed by atoms with van der Waals surface area (Å²) in [5.41, 5.74) is 2.53. The van der Waals surface area contributed by atoms with E-state index in [1.54, 1.807) is 30.3 Å². The van der Waals surface area contributed by atoms with Crippen molar-refractivity contribution in [3.8, 4) is 5.75 Å². The van der Waals surface area contributed by atoms with Crippen molar-refractivity contribution in [3.63, 3.8) is 0 Å². The van der Waals surface area contributed by atoms with E-state index in [0.29, 0.717) is 16.9 Å². The van der Waals surface area contributed by atoms with Crippen molar-refractivity contribution in [1.82, 2.24) is 4.90 Å². The van der Waals surface area contributed by atoms with Crippen LogP contribution in [0.2, 0.25) is 0 Å². The molecule has 1 saturated heterocycles. The zero-order valence-corrected chi connectivity index (χ0v) is 20.7. The van der Waals surface area contributed by atoms with E-state index in [1.807, 2.05) is 12.1 Å². The molecule has 0 saturated carbocycles. The van der Waals surface area contributed by atoms with Gasteiger partial charge in [-0.05, 0) is 78.3 Å². The number of halogens is 3. The number of Topliss-reactive ketones (excluding diaryl/α,β-unsaturated/α-hetero) is 1. The smallest absolute Gasteiger partial charge is 0.416 e. The molecule has 0 aromatic heterocycles. The Balaban J connectivity index is 1.61. The molecule has 1 amide bonds. The number of ether oxygens (including phenoxy) is 1. The number of amides is 1. The Bertz CT molecular complexity index is 1430. The third-order valence-electron chi connectivity index (χ3n) is 7.20. The van der Waals surface area contributed by atoms with E-state index < -0.39 is 29.5 Å². The highest BCUT2D eigenvalue weighted by atomic mass is 19.4. The van der Waals surface area contributed by atoms with Crippen LogP contribution in [0.1, 0.15) is 52.3 Å². The molecule has 0 spiro atoms. The number of hydrogen-bond donors (Lipinski definition) is 1. The van der Waals surface area contributed by atoms with Crippen molar-refractivity contribution in [2.45, 2.75) is 44.4 Å².